The van der Waals surface area contributed by atoms with Crippen molar-refractivity contribution < 1.29 is 13.9 Å². The fraction of sp³-hybridized carbons (Fsp3) is 0.188. The van der Waals surface area contributed by atoms with Crippen molar-refractivity contribution in [2.45, 2.75) is 20.8 Å². The van der Waals surface area contributed by atoms with Gasteiger partial charge in [-0.25, -0.2) is 0 Å². The molecule has 0 aromatic heterocycles. The van der Waals surface area contributed by atoms with Gasteiger partial charge in [-0.15, -0.1) is 0 Å². The van der Waals surface area contributed by atoms with Gasteiger partial charge in [0.2, 0.25) is 8.69 Å². The lowest BCUT2D eigenvalue weighted by atomic mass is 9.93. The van der Waals surface area contributed by atoms with Crippen molar-refractivity contribution in [2.24, 2.45) is 0 Å². The first-order valence-corrected chi connectivity index (χ1v) is 7.30. The highest BCUT2D eigenvalue weighted by molar-refractivity contribution is 7.17. The SMILES string of the molecule is Cc1cc(C)c(C(=O)c2ccc(O[PH2]=O)cc2)c(C)c1. The van der Waals surface area contributed by atoms with Crippen LogP contribution in [0.3, 0.4) is 0 Å². The molecule has 0 saturated carbocycles. The quantitative estimate of drug-likeness (QED) is 0.633. The number of carbonyl (C=O) groups excluding carboxylic acids is 1. The topological polar surface area (TPSA) is 43.4 Å². The molecular formula is C16H17O3P. The van der Waals surface area contributed by atoms with E-state index >= 15 is 0 Å². The minimum Gasteiger partial charge on any atom is -0.447 e. The zero-order chi connectivity index (χ0) is 14.7. The summed E-state index contributed by atoms with van der Waals surface area (Å²) in [5.74, 6) is 0.518. The number of hydrogen-bond donors (Lipinski definition) is 0. The normalized spacial score (nSPS) is 10.9. The zero-order valence-corrected chi connectivity index (χ0v) is 12.9. The van der Waals surface area contributed by atoms with Gasteiger partial charge in [0.05, 0.1) is 0 Å². The molecule has 0 saturated heterocycles. The number of benzene rings is 2. The van der Waals surface area contributed by atoms with Crippen LogP contribution in [-0.2, 0) is 4.57 Å². The third-order valence-electron chi connectivity index (χ3n) is 3.20. The zero-order valence-electron chi connectivity index (χ0n) is 11.8. The molecule has 0 aliphatic rings. The van der Waals surface area contributed by atoms with Crippen LogP contribution in [-0.4, -0.2) is 5.78 Å². The Morgan fingerprint density at radius 1 is 1.00 bits per heavy atom. The number of ketones is 1. The predicted octanol–water partition coefficient (Wildman–Crippen LogP) is 3.89. The molecule has 0 aliphatic carbocycles. The lowest BCUT2D eigenvalue weighted by molar-refractivity contribution is 0.103. The smallest absolute Gasteiger partial charge is 0.225 e. The molecule has 4 heteroatoms. The van der Waals surface area contributed by atoms with Crippen molar-refractivity contribution in [1.82, 2.24) is 0 Å². The Kier molecular flexibility index (Phi) is 4.41. The van der Waals surface area contributed by atoms with E-state index in [-0.39, 0.29) is 5.78 Å². The molecular weight excluding hydrogens is 271 g/mol. The average molecular weight is 288 g/mol. The minimum atomic E-state index is -1.28. The van der Waals surface area contributed by atoms with Gasteiger partial charge in [-0.3, -0.25) is 9.36 Å². The number of carbonyl (C=O) groups is 1. The minimum absolute atomic E-state index is 0.000945. The molecule has 2 aromatic carbocycles. The van der Waals surface area contributed by atoms with Gasteiger partial charge < -0.3 is 4.52 Å². The van der Waals surface area contributed by atoms with E-state index in [0.29, 0.717) is 11.3 Å². The molecule has 0 heterocycles. The summed E-state index contributed by atoms with van der Waals surface area (Å²) in [6, 6.07) is 10.8. The summed E-state index contributed by atoms with van der Waals surface area (Å²) in [5, 5.41) is 0. The summed E-state index contributed by atoms with van der Waals surface area (Å²) in [6.45, 7) is 5.92. The second-order valence-electron chi connectivity index (χ2n) is 4.84. The maximum Gasteiger partial charge on any atom is 0.225 e. The third kappa shape index (κ3) is 3.00. The van der Waals surface area contributed by atoms with Crippen LogP contribution in [0.2, 0.25) is 0 Å². The Morgan fingerprint density at radius 2 is 1.55 bits per heavy atom. The third-order valence-corrected chi connectivity index (χ3v) is 3.57. The van der Waals surface area contributed by atoms with E-state index in [2.05, 4.69) is 0 Å². The largest absolute Gasteiger partial charge is 0.447 e. The van der Waals surface area contributed by atoms with Crippen LogP contribution in [0.5, 0.6) is 5.75 Å². The van der Waals surface area contributed by atoms with Gasteiger partial charge in [0.25, 0.3) is 0 Å². The highest BCUT2D eigenvalue weighted by atomic mass is 31.1. The molecule has 20 heavy (non-hydrogen) atoms. The summed E-state index contributed by atoms with van der Waals surface area (Å²) in [7, 11) is -1.28. The van der Waals surface area contributed by atoms with Gasteiger partial charge in [-0.05, 0) is 56.2 Å². The van der Waals surface area contributed by atoms with Crippen LogP contribution in [0, 0.1) is 20.8 Å². The fourth-order valence-electron chi connectivity index (χ4n) is 2.42. The first kappa shape index (κ1) is 14.5. The van der Waals surface area contributed by atoms with Gasteiger partial charge >= 0.3 is 0 Å². The molecule has 2 rings (SSSR count). The van der Waals surface area contributed by atoms with Crippen LogP contribution in [0.4, 0.5) is 0 Å². The van der Waals surface area contributed by atoms with Crippen molar-refractivity contribution >= 4 is 14.5 Å². The Morgan fingerprint density at radius 3 is 2.05 bits per heavy atom. The van der Waals surface area contributed by atoms with E-state index in [1.807, 2.05) is 32.9 Å². The molecule has 1 atom stereocenters. The lowest BCUT2D eigenvalue weighted by Gasteiger charge is -2.10. The van der Waals surface area contributed by atoms with Crippen molar-refractivity contribution in [3.8, 4) is 5.75 Å². The van der Waals surface area contributed by atoms with Crippen LogP contribution < -0.4 is 4.52 Å². The van der Waals surface area contributed by atoms with Gasteiger partial charge in [0, 0.05) is 11.1 Å². The van der Waals surface area contributed by atoms with E-state index < -0.39 is 8.69 Å². The second-order valence-corrected chi connectivity index (χ2v) is 5.27. The number of aryl methyl sites for hydroxylation is 3. The maximum absolute atomic E-state index is 12.6. The Balaban J connectivity index is 2.38. The summed E-state index contributed by atoms with van der Waals surface area (Å²) in [4.78, 5) is 12.6. The van der Waals surface area contributed by atoms with E-state index in [0.717, 1.165) is 22.3 Å². The van der Waals surface area contributed by atoms with Crippen molar-refractivity contribution in [3.05, 3.63) is 64.2 Å². The van der Waals surface area contributed by atoms with Gasteiger partial charge in [-0.1, -0.05) is 17.7 Å². The highest BCUT2D eigenvalue weighted by Crippen LogP contribution is 2.22. The molecule has 104 valence electrons. The van der Waals surface area contributed by atoms with Gasteiger partial charge in [0.1, 0.15) is 5.75 Å². The van der Waals surface area contributed by atoms with E-state index in [1.165, 1.54) is 0 Å². The van der Waals surface area contributed by atoms with Crippen LogP contribution >= 0.6 is 8.69 Å². The molecule has 1 unspecified atom stereocenters. The van der Waals surface area contributed by atoms with Crippen molar-refractivity contribution in [3.63, 3.8) is 0 Å². The van der Waals surface area contributed by atoms with Crippen molar-refractivity contribution in [2.75, 3.05) is 0 Å². The molecule has 2 aromatic rings. The van der Waals surface area contributed by atoms with E-state index in [4.69, 9.17) is 4.52 Å². The van der Waals surface area contributed by atoms with Crippen molar-refractivity contribution in [1.29, 1.82) is 0 Å². The number of rotatable bonds is 4. The highest BCUT2D eigenvalue weighted by Gasteiger charge is 2.14. The van der Waals surface area contributed by atoms with Gasteiger partial charge in [-0.2, -0.15) is 0 Å². The number of hydrogen-bond acceptors (Lipinski definition) is 3. The fourth-order valence-corrected chi connectivity index (χ4v) is 2.69. The average Bonchev–Trinajstić information content (AvgIpc) is 2.38. The summed E-state index contributed by atoms with van der Waals surface area (Å²) < 4.78 is 15.4. The molecule has 0 aliphatic heterocycles. The van der Waals surface area contributed by atoms with Crippen LogP contribution in [0.25, 0.3) is 0 Å². The molecule has 0 bridgehead atoms. The maximum atomic E-state index is 12.6. The van der Waals surface area contributed by atoms with E-state index in [9.17, 15) is 9.36 Å². The summed E-state index contributed by atoms with van der Waals surface area (Å²) in [5.41, 5.74) is 4.47. The van der Waals surface area contributed by atoms with Gasteiger partial charge in [0.15, 0.2) is 5.78 Å². The standard InChI is InChI=1S/C16H17O3P/c1-10-8-11(2)15(12(3)9-10)16(17)13-4-6-14(7-5-13)19-20-18/h4-9H,20H2,1-3H3. The molecule has 0 amide bonds. The first-order valence-electron chi connectivity index (χ1n) is 6.36. The summed E-state index contributed by atoms with van der Waals surface area (Å²) >= 11 is 0. The molecule has 0 fully saturated rings. The monoisotopic (exact) mass is 288 g/mol. The van der Waals surface area contributed by atoms with Crippen LogP contribution in [0.15, 0.2) is 36.4 Å². The van der Waals surface area contributed by atoms with E-state index in [1.54, 1.807) is 24.3 Å². The summed E-state index contributed by atoms with van der Waals surface area (Å²) in [6.07, 6.45) is 0. The Labute approximate surface area is 119 Å². The van der Waals surface area contributed by atoms with Crippen LogP contribution in [0.1, 0.15) is 32.6 Å². The molecule has 0 N–H and O–H groups in total. The molecule has 0 spiro atoms. The molecule has 3 nitrogen and oxygen atoms in total. The Bertz CT molecular complexity index is 637. The Hall–Kier alpha value is -1.86. The lowest BCUT2D eigenvalue weighted by Crippen LogP contribution is -2.06. The predicted molar refractivity (Wildman–Crippen MR) is 81.6 cm³/mol. The second kappa shape index (κ2) is 6.06. The first-order chi connectivity index (χ1) is 9.52. The molecule has 0 radical (unpaired) electrons.